The number of nitrogens with zero attached hydrogens (tertiary/aromatic N) is 3. The van der Waals surface area contributed by atoms with Gasteiger partial charge in [0.2, 0.25) is 11.8 Å². The Labute approximate surface area is 172 Å². The second kappa shape index (κ2) is 9.05. The Bertz CT molecular complexity index is 751. The van der Waals surface area contributed by atoms with Crippen LogP contribution in [-0.4, -0.2) is 73.3 Å². The standard InChI is InChI=1S/C22H30N4O3/c27-20-5-2-6-21(28)26(20)19-4-1-3-18(15-19)22(29)25-13-11-24(12-14-25)16-17-7-9-23-10-8-17/h1,3-4,15,17,23H,2,5-14,16H2. The zero-order valence-electron chi connectivity index (χ0n) is 16.9. The lowest BCUT2D eigenvalue weighted by Gasteiger charge is -2.37. The van der Waals surface area contributed by atoms with Crippen molar-refractivity contribution in [2.75, 3.05) is 50.7 Å². The maximum absolute atomic E-state index is 13.0. The minimum Gasteiger partial charge on any atom is -0.336 e. The van der Waals surface area contributed by atoms with Crippen molar-refractivity contribution in [3.63, 3.8) is 0 Å². The van der Waals surface area contributed by atoms with Gasteiger partial charge in [0.25, 0.3) is 5.91 Å². The van der Waals surface area contributed by atoms with Crippen molar-refractivity contribution in [2.45, 2.75) is 32.1 Å². The molecule has 0 unspecified atom stereocenters. The van der Waals surface area contributed by atoms with Gasteiger partial charge < -0.3 is 10.2 Å². The Morgan fingerprint density at radius 1 is 1.00 bits per heavy atom. The average Bonchev–Trinajstić information content (AvgIpc) is 2.75. The lowest BCUT2D eigenvalue weighted by atomic mass is 9.97. The molecule has 0 bridgehead atoms. The molecule has 3 heterocycles. The van der Waals surface area contributed by atoms with Crippen LogP contribution in [0, 0.1) is 5.92 Å². The highest BCUT2D eigenvalue weighted by Crippen LogP contribution is 2.24. The smallest absolute Gasteiger partial charge is 0.254 e. The number of anilines is 1. The molecule has 0 aromatic heterocycles. The SMILES string of the molecule is O=C(c1cccc(N2C(=O)CCCC2=O)c1)N1CCN(CC2CCNCC2)CC1. The van der Waals surface area contributed by atoms with E-state index in [2.05, 4.69) is 10.2 Å². The summed E-state index contributed by atoms with van der Waals surface area (Å²) < 4.78 is 0. The van der Waals surface area contributed by atoms with Crippen LogP contribution in [0.1, 0.15) is 42.5 Å². The molecule has 3 fully saturated rings. The molecule has 7 heteroatoms. The number of benzene rings is 1. The third kappa shape index (κ3) is 4.67. The molecule has 7 nitrogen and oxygen atoms in total. The Balaban J connectivity index is 1.36. The number of piperidine rings is 2. The predicted molar refractivity (Wildman–Crippen MR) is 111 cm³/mol. The van der Waals surface area contributed by atoms with Crippen molar-refractivity contribution < 1.29 is 14.4 Å². The van der Waals surface area contributed by atoms with E-state index >= 15 is 0 Å². The van der Waals surface area contributed by atoms with Crippen molar-refractivity contribution in [1.82, 2.24) is 15.1 Å². The van der Waals surface area contributed by atoms with Gasteiger partial charge in [-0.2, -0.15) is 0 Å². The van der Waals surface area contributed by atoms with Gasteiger partial charge in [0.05, 0.1) is 5.69 Å². The van der Waals surface area contributed by atoms with Gasteiger partial charge in [0, 0.05) is 51.1 Å². The summed E-state index contributed by atoms with van der Waals surface area (Å²) in [6, 6.07) is 6.94. The summed E-state index contributed by atoms with van der Waals surface area (Å²) in [5.74, 6) is 0.370. The van der Waals surface area contributed by atoms with Gasteiger partial charge in [-0.05, 0) is 56.5 Å². The summed E-state index contributed by atoms with van der Waals surface area (Å²) in [6.07, 6.45) is 3.83. The third-order valence-corrected chi connectivity index (χ3v) is 6.27. The highest BCUT2D eigenvalue weighted by molar-refractivity contribution is 6.16. The molecule has 3 aliphatic rings. The molecule has 0 saturated carbocycles. The number of rotatable bonds is 4. The van der Waals surface area contributed by atoms with Gasteiger partial charge in [-0.25, -0.2) is 0 Å². The zero-order chi connectivity index (χ0) is 20.2. The van der Waals surface area contributed by atoms with E-state index in [0.717, 1.165) is 51.7 Å². The van der Waals surface area contributed by atoms with E-state index in [1.165, 1.54) is 17.7 Å². The zero-order valence-corrected chi connectivity index (χ0v) is 16.9. The average molecular weight is 399 g/mol. The van der Waals surface area contributed by atoms with E-state index in [9.17, 15) is 14.4 Å². The first-order valence-electron chi connectivity index (χ1n) is 10.8. The fourth-order valence-corrected chi connectivity index (χ4v) is 4.57. The minimum atomic E-state index is -0.183. The number of piperazine rings is 1. The quantitative estimate of drug-likeness (QED) is 0.778. The van der Waals surface area contributed by atoms with E-state index in [1.807, 2.05) is 4.90 Å². The normalized spacial score (nSPS) is 22.2. The predicted octanol–water partition coefficient (Wildman–Crippen LogP) is 1.49. The molecule has 1 N–H and O–H groups in total. The number of hydrogen-bond acceptors (Lipinski definition) is 5. The lowest BCUT2D eigenvalue weighted by Crippen LogP contribution is -2.50. The second-order valence-corrected chi connectivity index (χ2v) is 8.31. The molecule has 0 spiro atoms. The maximum atomic E-state index is 13.0. The van der Waals surface area contributed by atoms with Gasteiger partial charge in [0.15, 0.2) is 0 Å². The van der Waals surface area contributed by atoms with E-state index in [4.69, 9.17) is 0 Å². The highest BCUT2D eigenvalue weighted by atomic mass is 16.2. The molecular weight excluding hydrogens is 368 g/mol. The van der Waals surface area contributed by atoms with Gasteiger partial charge in [-0.1, -0.05) is 6.07 Å². The molecule has 0 radical (unpaired) electrons. The van der Waals surface area contributed by atoms with Crippen molar-refractivity contribution in [3.8, 4) is 0 Å². The van der Waals surface area contributed by atoms with Crippen LogP contribution in [0.3, 0.4) is 0 Å². The van der Waals surface area contributed by atoms with Crippen LogP contribution < -0.4 is 10.2 Å². The number of carbonyl (C=O) groups excluding carboxylic acids is 3. The van der Waals surface area contributed by atoms with Gasteiger partial charge in [-0.3, -0.25) is 24.2 Å². The Hall–Kier alpha value is -2.25. The molecule has 4 rings (SSSR count). The van der Waals surface area contributed by atoms with Crippen molar-refractivity contribution in [3.05, 3.63) is 29.8 Å². The summed E-state index contributed by atoms with van der Waals surface area (Å²) in [6.45, 7) is 6.59. The number of imide groups is 1. The molecule has 0 aliphatic carbocycles. The van der Waals surface area contributed by atoms with Crippen molar-refractivity contribution >= 4 is 23.4 Å². The van der Waals surface area contributed by atoms with E-state index < -0.39 is 0 Å². The number of carbonyl (C=O) groups is 3. The minimum absolute atomic E-state index is 0.0229. The summed E-state index contributed by atoms with van der Waals surface area (Å²) in [5.41, 5.74) is 1.05. The molecular formula is C22H30N4O3. The van der Waals surface area contributed by atoms with Crippen LogP contribution in [0.5, 0.6) is 0 Å². The van der Waals surface area contributed by atoms with Crippen molar-refractivity contribution in [2.24, 2.45) is 5.92 Å². The van der Waals surface area contributed by atoms with E-state index in [-0.39, 0.29) is 17.7 Å². The fourth-order valence-electron chi connectivity index (χ4n) is 4.57. The van der Waals surface area contributed by atoms with Crippen LogP contribution in [0.2, 0.25) is 0 Å². The highest BCUT2D eigenvalue weighted by Gasteiger charge is 2.29. The Morgan fingerprint density at radius 3 is 2.38 bits per heavy atom. The van der Waals surface area contributed by atoms with E-state index in [0.29, 0.717) is 30.5 Å². The Kier molecular flexibility index (Phi) is 6.25. The lowest BCUT2D eigenvalue weighted by molar-refractivity contribution is -0.129. The van der Waals surface area contributed by atoms with Crippen LogP contribution in [-0.2, 0) is 9.59 Å². The monoisotopic (exact) mass is 398 g/mol. The van der Waals surface area contributed by atoms with Crippen molar-refractivity contribution in [1.29, 1.82) is 0 Å². The van der Waals surface area contributed by atoms with Crippen LogP contribution in [0.25, 0.3) is 0 Å². The molecule has 29 heavy (non-hydrogen) atoms. The fraction of sp³-hybridized carbons (Fsp3) is 0.591. The number of amides is 3. The van der Waals surface area contributed by atoms with Crippen LogP contribution in [0.4, 0.5) is 5.69 Å². The molecule has 1 aromatic rings. The van der Waals surface area contributed by atoms with Gasteiger partial charge >= 0.3 is 0 Å². The summed E-state index contributed by atoms with van der Waals surface area (Å²) >= 11 is 0. The topological polar surface area (TPSA) is 73.0 Å². The Morgan fingerprint density at radius 2 is 1.69 bits per heavy atom. The first kappa shape index (κ1) is 20.0. The number of nitrogens with one attached hydrogen (secondary N) is 1. The summed E-state index contributed by atoms with van der Waals surface area (Å²) in [4.78, 5) is 43.0. The molecule has 3 amide bonds. The molecule has 3 saturated heterocycles. The molecule has 1 aromatic carbocycles. The second-order valence-electron chi connectivity index (χ2n) is 8.31. The van der Waals surface area contributed by atoms with E-state index in [1.54, 1.807) is 24.3 Å². The van der Waals surface area contributed by atoms with Crippen LogP contribution >= 0.6 is 0 Å². The largest absolute Gasteiger partial charge is 0.336 e. The summed E-state index contributed by atoms with van der Waals surface area (Å²) in [5, 5.41) is 3.41. The molecule has 156 valence electrons. The van der Waals surface area contributed by atoms with Gasteiger partial charge in [0.1, 0.15) is 0 Å². The number of hydrogen-bond donors (Lipinski definition) is 1. The van der Waals surface area contributed by atoms with Gasteiger partial charge in [-0.15, -0.1) is 0 Å². The molecule has 0 atom stereocenters. The summed E-state index contributed by atoms with van der Waals surface area (Å²) in [7, 11) is 0. The third-order valence-electron chi connectivity index (χ3n) is 6.27. The first-order chi connectivity index (χ1) is 14.1. The first-order valence-corrected chi connectivity index (χ1v) is 10.8. The van der Waals surface area contributed by atoms with Crippen LogP contribution in [0.15, 0.2) is 24.3 Å². The maximum Gasteiger partial charge on any atom is 0.254 e. The molecule has 3 aliphatic heterocycles.